The molecule has 0 spiro atoms. The number of benzene rings is 3. The molecule has 0 amide bonds. The molecule has 0 aliphatic carbocycles. The maximum atomic E-state index is 15.3. The van der Waals surface area contributed by atoms with Gasteiger partial charge in [-0.1, -0.05) is 69.0 Å². The predicted molar refractivity (Wildman–Crippen MR) is 151 cm³/mol. The van der Waals surface area contributed by atoms with E-state index in [0.717, 1.165) is 42.1 Å². The van der Waals surface area contributed by atoms with E-state index in [1.807, 2.05) is 30.6 Å². The molecule has 4 aromatic rings. The highest BCUT2D eigenvalue weighted by molar-refractivity contribution is 5.84. The quantitative estimate of drug-likeness (QED) is 0.112. The van der Waals surface area contributed by atoms with Gasteiger partial charge in [0.25, 0.3) is 0 Å². The molecule has 1 heterocycles. The largest absolute Gasteiger partial charge is 0.481 e. The zero-order chi connectivity index (χ0) is 29.2. The van der Waals surface area contributed by atoms with Crippen molar-refractivity contribution in [2.24, 2.45) is 0 Å². The lowest BCUT2D eigenvalue weighted by atomic mass is 9.98. The second-order valence-electron chi connectivity index (χ2n) is 10.4. The minimum atomic E-state index is -4.55. The van der Waals surface area contributed by atoms with Gasteiger partial charge in [-0.2, -0.15) is 13.2 Å². The fourth-order valence-electron chi connectivity index (χ4n) is 4.82. The van der Waals surface area contributed by atoms with E-state index in [-0.39, 0.29) is 5.82 Å². The first kappa shape index (κ1) is 30.4. The van der Waals surface area contributed by atoms with Crippen molar-refractivity contribution >= 4 is 10.8 Å². The highest BCUT2D eigenvalue weighted by atomic mass is 19.4. The van der Waals surface area contributed by atoms with Crippen LogP contribution in [0.1, 0.15) is 67.1 Å². The number of halogens is 5. The lowest BCUT2D eigenvalue weighted by molar-refractivity contribution is -0.153. The van der Waals surface area contributed by atoms with Gasteiger partial charge in [-0.25, -0.2) is 18.7 Å². The number of nitrogens with zero attached hydrogens (tertiary/aromatic N) is 2. The van der Waals surface area contributed by atoms with Crippen LogP contribution in [0.5, 0.6) is 5.75 Å². The Morgan fingerprint density at radius 2 is 1.41 bits per heavy atom. The van der Waals surface area contributed by atoms with Crippen LogP contribution in [-0.4, -0.2) is 22.8 Å². The minimum absolute atomic E-state index is 0.317. The van der Waals surface area contributed by atoms with Crippen LogP contribution >= 0.6 is 0 Å². The Kier molecular flexibility index (Phi) is 10.7. The van der Waals surface area contributed by atoms with Crippen LogP contribution in [-0.2, 0) is 32.1 Å². The number of fused-ring (bicyclic) bond motifs is 1. The normalized spacial score (nSPS) is 11.8. The summed E-state index contributed by atoms with van der Waals surface area (Å²) in [5.74, 6) is -0.876. The lowest BCUT2D eigenvalue weighted by Crippen LogP contribution is -2.19. The molecule has 218 valence electrons. The fourth-order valence-corrected chi connectivity index (χ4v) is 4.82. The van der Waals surface area contributed by atoms with Crippen LogP contribution in [0.4, 0.5) is 22.0 Å². The molecule has 4 rings (SSSR count). The first-order valence-corrected chi connectivity index (χ1v) is 14.2. The standard InChI is InChI=1S/C33H35F5N2O/c1-2-3-4-5-6-7-25-20-39-31(40-21-25)17-11-23-9-15-28-27(18-23)14-13-26(32(28)35)12-8-24-10-16-30(29(34)19-24)41-22-33(36,37)38/h9-10,13-16,18-21H,2-8,11-12,17,22H2,1H3. The number of hydrogen-bond acceptors (Lipinski definition) is 3. The average molecular weight is 571 g/mol. The molecule has 0 aliphatic heterocycles. The Morgan fingerprint density at radius 3 is 2.15 bits per heavy atom. The molecule has 1 aromatic heterocycles. The summed E-state index contributed by atoms with van der Waals surface area (Å²) < 4.78 is 70.9. The van der Waals surface area contributed by atoms with Crippen LogP contribution < -0.4 is 4.74 Å². The van der Waals surface area contributed by atoms with Gasteiger partial charge in [0.1, 0.15) is 11.6 Å². The summed E-state index contributed by atoms with van der Waals surface area (Å²) >= 11 is 0. The molecule has 8 heteroatoms. The summed E-state index contributed by atoms with van der Waals surface area (Å²) in [4.78, 5) is 9.05. The Hall–Kier alpha value is -3.55. The van der Waals surface area contributed by atoms with Crippen molar-refractivity contribution in [3.63, 3.8) is 0 Å². The van der Waals surface area contributed by atoms with Gasteiger partial charge in [0.2, 0.25) is 0 Å². The highest BCUT2D eigenvalue weighted by Gasteiger charge is 2.29. The number of hydrogen-bond donors (Lipinski definition) is 0. The molecular weight excluding hydrogens is 535 g/mol. The van der Waals surface area contributed by atoms with Crippen LogP contribution in [0, 0.1) is 11.6 Å². The van der Waals surface area contributed by atoms with E-state index >= 15 is 4.39 Å². The van der Waals surface area contributed by atoms with Crippen molar-refractivity contribution in [3.05, 3.63) is 101 Å². The third-order valence-electron chi connectivity index (χ3n) is 7.13. The number of aromatic nitrogens is 2. The Balaban J connectivity index is 1.31. The average Bonchev–Trinajstić information content (AvgIpc) is 2.95. The first-order valence-electron chi connectivity index (χ1n) is 14.2. The van der Waals surface area contributed by atoms with Crippen LogP contribution in [0.25, 0.3) is 10.8 Å². The number of aryl methyl sites for hydroxylation is 5. The molecule has 41 heavy (non-hydrogen) atoms. The summed E-state index contributed by atoms with van der Waals surface area (Å²) in [5, 5.41) is 1.30. The van der Waals surface area contributed by atoms with Gasteiger partial charge in [-0.15, -0.1) is 0 Å². The van der Waals surface area contributed by atoms with Crippen molar-refractivity contribution in [1.82, 2.24) is 9.97 Å². The first-order chi connectivity index (χ1) is 19.7. The van der Waals surface area contributed by atoms with Gasteiger partial charge in [-0.05, 0) is 71.9 Å². The second-order valence-corrected chi connectivity index (χ2v) is 10.4. The van der Waals surface area contributed by atoms with Gasteiger partial charge in [0.15, 0.2) is 18.2 Å². The third-order valence-corrected chi connectivity index (χ3v) is 7.13. The zero-order valence-electron chi connectivity index (χ0n) is 23.2. The number of rotatable bonds is 14. The second kappa shape index (κ2) is 14.4. The van der Waals surface area contributed by atoms with Crippen molar-refractivity contribution in [1.29, 1.82) is 0 Å². The molecule has 0 aliphatic rings. The summed E-state index contributed by atoms with van der Waals surface area (Å²) in [6.07, 6.45) is 8.57. The maximum absolute atomic E-state index is 15.3. The Bertz CT molecular complexity index is 1420. The van der Waals surface area contributed by atoms with Gasteiger partial charge in [0.05, 0.1) is 0 Å². The van der Waals surface area contributed by atoms with E-state index in [0.29, 0.717) is 35.8 Å². The van der Waals surface area contributed by atoms with E-state index in [1.54, 1.807) is 12.1 Å². The summed E-state index contributed by atoms with van der Waals surface area (Å²) in [6, 6.07) is 13.0. The van der Waals surface area contributed by atoms with E-state index < -0.39 is 24.3 Å². The van der Waals surface area contributed by atoms with Gasteiger partial charge in [-0.3, -0.25) is 0 Å². The molecule has 0 saturated carbocycles. The Morgan fingerprint density at radius 1 is 0.707 bits per heavy atom. The highest BCUT2D eigenvalue weighted by Crippen LogP contribution is 2.26. The zero-order valence-corrected chi connectivity index (χ0v) is 23.2. The monoisotopic (exact) mass is 570 g/mol. The van der Waals surface area contributed by atoms with Crippen LogP contribution in [0.2, 0.25) is 0 Å². The molecule has 0 fully saturated rings. The molecule has 0 saturated heterocycles. The molecule has 3 aromatic carbocycles. The van der Waals surface area contributed by atoms with E-state index in [2.05, 4.69) is 21.6 Å². The molecule has 0 radical (unpaired) electrons. The summed E-state index contributed by atoms with van der Waals surface area (Å²) in [5.41, 5.74) is 3.26. The van der Waals surface area contributed by atoms with Crippen molar-refractivity contribution in [2.75, 3.05) is 6.61 Å². The van der Waals surface area contributed by atoms with Crippen molar-refractivity contribution in [2.45, 2.75) is 77.3 Å². The van der Waals surface area contributed by atoms with E-state index in [4.69, 9.17) is 0 Å². The van der Waals surface area contributed by atoms with Crippen molar-refractivity contribution in [3.8, 4) is 5.75 Å². The predicted octanol–water partition coefficient (Wildman–Crippen LogP) is 8.93. The number of alkyl halides is 3. The van der Waals surface area contributed by atoms with E-state index in [1.165, 1.54) is 43.4 Å². The minimum Gasteiger partial charge on any atom is -0.481 e. The fraction of sp³-hybridized carbons (Fsp3) is 0.394. The third kappa shape index (κ3) is 9.23. The summed E-state index contributed by atoms with van der Waals surface area (Å²) in [7, 11) is 0. The summed E-state index contributed by atoms with van der Waals surface area (Å²) in [6.45, 7) is 0.650. The molecule has 0 atom stereocenters. The molecule has 0 unspecified atom stereocenters. The van der Waals surface area contributed by atoms with Gasteiger partial charge >= 0.3 is 6.18 Å². The van der Waals surface area contributed by atoms with E-state index in [9.17, 15) is 17.6 Å². The lowest BCUT2D eigenvalue weighted by Gasteiger charge is -2.11. The topological polar surface area (TPSA) is 35.0 Å². The number of ether oxygens (including phenoxy) is 1. The molecule has 3 nitrogen and oxygen atoms in total. The number of unbranched alkanes of at least 4 members (excludes halogenated alkanes) is 4. The molecular formula is C33H35F5N2O. The molecule has 0 bridgehead atoms. The SMILES string of the molecule is CCCCCCCc1cnc(CCc2ccc3c(F)c(CCc4ccc(OCC(F)(F)F)c(F)c4)ccc3c2)nc1. The molecule has 0 N–H and O–H groups in total. The van der Waals surface area contributed by atoms with Crippen LogP contribution in [0.3, 0.4) is 0 Å². The smallest absolute Gasteiger partial charge is 0.422 e. The maximum Gasteiger partial charge on any atom is 0.422 e. The Labute approximate surface area is 237 Å². The van der Waals surface area contributed by atoms with Crippen molar-refractivity contribution < 1.29 is 26.7 Å². The van der Waals surface area contributed by atoms with Crippen LogP contribution in [0.15, 0.2) is 60.9 Å². The van der Waals surface area contributed by atoms with Gasteiger partial charge < -0.3 is 4.74 Å². The van der Waals surface area contributed by atoms with Gasteiger partial charge in [0, 0.05) is 24.2 Å².